The molecule has 2 rings (SSSR count). The molecule has 0 spiro atoms. The van der Waals surface area contributed by atoms with Gasteiger partial charge >= 0.3 is 0 Å². The standard InChI is InChI=1S/C19H22ClNO3/c1-4-16(14-9-10-17(23-2)18(11-14)24-3)21-19(22)12-13-7-5-6-8-15(13)20/h5-11,16H,4,12H2,1-3H3,(H,21,22). The first-order valence-corrected chi connectivity index (χ1v) is 8.21. The van der Waals surface area contributed by atoms with E-state index in [9.17, 15) is 4.79 Å². The van der Waals surface area contributed by atoms with Gasteiger partial charge in [-0.25, -0.2) is 0 Å². The molecular weight excluding hydrogens is 326 g/mol. The highest BCUT2D eigenvalue weighted by Gasteiger charge is 2.16. The molecule has 0 aliphatic rings. The summed E-state index contributed by atoms with van der Waals surface area (Å²) in [5, 5.41) is 3.66. The molecule has 0 fully saturated rings. The third-order valence-corrected chi connectivity index (χ3v) is 4.23. The van der Waals surface area contributed by atoms with Gasteiger partial charge in [0.15, 0.2) is 11.5 Å². The lowest BCUT2D eigenvalue weighted by Crippen LogP contribution is -2.29. The third kappa shape index (κ3) is 4.42. The minimum atomic E-state index is -0.0974. The van der Waals surface area contributed by atoms with Gasteiger partial charge in [0, 0.05) is 5.02 Å². The fourth-order valence-electron chi connectivity index (χ4n) is 2.55. The third-order valence-electron chi connectivity index (χ3n) is 3.86. The zero-order valence-electron chi connectivity index (χ0n) is 14.1. The monoisotopic (exact) mass is 347 g/mol. The number of halogens is 1. The fourth-order valence-corrected chi connectivity index (χ4v) is 2.75. The van der Waals surface area contributed by atoms with E-state index in [0.717, 1.165) is 17.5 Å². The van der Waals surface area contributed by atoms with Crippen LogP contribution in [0.4, 0.5) is 0 Å². The molecule has 1 atom stereocenters. The zero-order valence-corrected chi connectivity index (χ0v) is 14.9. The van der Waals surface area contributed by atoms with Gasteiger partial charge in [-0.1, -0.05) is 42.8 Å². The number of ether oxygens (including phenoxy) is 2. The lowest BCUT2D eigenvalue weighted by atomic mass is 10.0. The van der Waals surface area contributed by atoms with Crippen molar-refractivity contribution >= 4 is 17.5 Å². The molecule has 0 aliphatic carbocycles. The summed E-state index contributed by atoms with van der Waals surface area (Å²) in [7, 11) is 3.19. The molecule has 5 heteroatoms. The van der Waals surface area contributed by atoms with Crippen LogP contribution in [0.15, 0.2) is 42.5 Å². The Morgan fingerprint density at radius 1 is 1.12 bits per heavy atom. The average Bonchev–Trinajstić information content (AvgIpc) is 2.61. The Morgan fingerprint density at radius 3 is 2.46 bits per heavy atom. The largest absolute Gasteiger partial charge is 0.493 e. The van der Waals surface area contributed by atoms with E-state index in [1.807, 2.05) is 43.3 Å². The number of methoxy groups -OCH3 is 2. The van der Waals surface area contributed by atoms with Crippen LogP contribution < -0.4 is 14.8 Å². The van der Waals surface area contributed by atoms with E-state index in [1.54, 1.807) is 20.3 Å². The smallest absolute Gasteiger partial charge is 0.224 e. The van der Waals surface area contributed by atoms with E-state index in [2.05, 4.69) is 5.32 Å². The molecule has 4 nitrogen and oxygen atoms in total. The Bertz CT molecular complexity index is 703. The maximum atomic E-state index is 12.4. The summed E-state index contributed by atoms with van der Waals surface area (Å²) in [5.74, 6) is 1.25. The molecule has 0 aromatic heterocycles. The van der Waals surface area contributed by atoms with Gasteiger partial charge in [-0.2, -0.15) is 0 Å². The predicted molar refractivity (Wildman–Crippen MR) is 95.9 cm³/mol. The van der Waals surface area contributed by atoms with Gasteiger partial charge in [-0.05, 0) is 35.7 Å². The Hall–Kier alpha value is -2.20. The van der Waals surface area contributed by atoms with Crippen molar-refractivity contribution < 1.29 is 14.3 Å². The zero-order chi connectivity index (χ0) is 17.5. The number of hydrogen-bond acceptors (Lipinski definition) is 3. The molecule has 1 amide bonds. The summed E-state index contributed by atoms with van der Waals surface area (Å²) in [4.78, 5) is 12.4. The Balaban J connectivity index is 2.11. The van der Waals surface area contributed by atoms with Gasteiger partial charge in [0.1, 0.15) is 0 Å². The maximum absolute atomic E-state index is 12.4. The lowest BCUT2D eigenvalue weighted by molar-refractivity contribution is -0.121. The van der Waals surface area contributed by atoms with Crippen LogP contribution >= 0.6 is 11.6 Å². The molecule has 0 radical (unpaired) electrons. The number of nitrogens with one attached hydrogen (secondary N) is 1. The second-order valence-corrected chi connectivity index (χ2v) is 5.82. The summed E-state index contributed by atoms with van der Waals surface area (Å²) >= 11 is 6.12. The van der Waals surface area contributed by atoms with Gasteiger partial charge < -0.3 is 14.8 Å². The van der Waals surface area contributed by atoms with Gasteiger partial charge in [0.05, 0.1) is 26.7 Å². The first-order chi connectivity index (χ1) is 11.6. The topological polar surface area (TPSA) is 47.6 Å². The normalized spacial score (nSPS) is 11.7. The van der Waals surface area contributed by atoms with Crippen LogP contribution in [0.3, 0.4) is 0 Å². The van der Waals surface area contributed by atoms with E-state index < -0.39 is 0 Å². The molecule has 128 valence electrons. The van der Waals surface area contributed by atoms with Crippen molar-refractivity contribution in [1.29, 1.82) is 0 Å². The summed E-state index contributed by atoms with van der Waals surface area (Å²) in [6.45, 7) is 2.02. The Labute approximate surface area is 147 Å². The number of rotatable bonds is 7. The quantitative estimate of drug-likeness (QED) is 0.817. The average molecular weight is 348 g/mol. The SMILES string of the molecule is CCC(NC(=O)Cc1ccccc1Cl)c1ccc(OC)c(OC)c1. The molecule has 24 heavy (non-hydrogen) atoms. The van der Waals surface area contributed by atoms with Crippen molar-refractivity contribution in [1.82, 2.24) is 5.32 Å². The van der Waals surface area contributed by atoms with Crippen molar-refractivity contribution in [3.8, 4) is 11.5 Å². The van der Waals surface area contributed by atoms with Crippen LogP contribution in [-0.2, 0) is 11.2 Å². The summed E-state index contributed by atoms with van der Waals surface area (Å²) < 4.78 is 10.6. The number of amides is 1. The van der Waals surface area contributed by atoms with Crippen LogP contribution in [0.25, 0.3) is 0 Å². The van der Waals surface area contributed by atoms with Crippen LogP contribution in [0, 0.1) is 0 Å². The van der Waals surface area contributed by atoms with Crippen molar-refractivity contribution in [2.45, 2.75) is 25.8 Å². The molecule has 0 bridgehead atoms. The summed E-state index contributed by atoms with van der Waals surface area (Å²) in [6, 6.07) is 12.9. The fraction of sp³-hybridized carbons (Fsp3) is 0.316. The van der Waals surface area contributed by atoms with Gasteiger partial charge in [-0.15, -0.1) is 0 Å². The maximum Gasteiger partial charge on any atom is 0.224 e. The minimum Gasteiger partial charge on any atom is -0.493 e. The van der Waals surface area contributed by atoms with Gasteiger partial charge in [0.25, 0.3) is 0 Å². The van der Waals surface area contributed by atoms with Crippen LogP contribution in [0.5, 0.6) is 11.5 Å². The molecular formula is C19H22ClNO3. The van der Waals surface area contributed by atoms with Crippen LogP contribution in [0.1, 0.15) is 30.5 Å². The Kier molecular flexibility index (Phi) is 6.50. The highest BCUT2D eigenvalue weighted by atomic mass is 35.5. The second-order valence-electron chi connectivity index (χ2n) is 5.41. The second kappa shape index (κ2) is 8.60. The van der Waals surface area contributed by atoms with E-state index >= 15 is 0 Å². The molecule has 1 unspecified atom stereocenters. The lowest BCUT2D eigenvalue weighted by Gasteiger charge is -2.19. The minimum absolute atomic E-state index is 0.0651. The van der Waals surface area contributed by atoms with E-state index in [-0.39, 0.29) is 18.4 Å². The van der Waals surface area contributed by atoms with E-state index in [4.69, 9.17) is 21.1 Å². The molecule has 0 saturated carbocycles. The van der Waals surface area contributed by atoms with Crippen LogP contribution in [-0.4, -0.2) is 20.1 Å². The Morgan fingerprint density at radius 2 is 1.83 bits per heavy atom. The van der Waals surface area contributed by atoms with Crippen molar-refractivity contribution in [3.63, 3.8) is 0 Å². The van der Waals surface area contributed by atoms with Gasteiger partial charge in [-0.3, -0.25) is 4.79 Å². The van der Waals surface area contributed by atoms with Crippen molar-refractivity contribution in [2.75, 3.05) is 14.2 Å². The first kappa shape index (κ1) is 18.1. The highest BCUT2D eigenvalue weighted by molar-refractivity contribution is 6.31. The number of benzene rings is 2. The number of carbonyl (C=O) groups is 1. The number of hydrogen-bond donors (Lipinski definition) is 1. The molecule has 2 aromatic rings. The summed E-state index contributed by atoms with van der Waals surface area (Å²) in [6.07, 6.45) is 1.02. The molecule has 0 aliphatic heterocycles. The molecule has 0 heterocycles. The first-order valence-electron chi connectivity index (χ1n) is 7.83. The van der Waals surface area contributed by atoms with Crippen molar-refractivity contribution in [2.24, 2.45) is 0 Å². The van der Waals surface area contributed by atoms with Crippen molar-refractivity contribution in [3.05, 3.63) is 58.6 Å². The predicted octanol–water partition coefficient (Wildman–Crippen LogP) is 4.17. The van der Waals surface area contributed by atoms with Crippen LogP contribution in [0.2, 0.25) is 5.02 Å². The summed E-state index contributed by atoms with van der Waals surface area (Å²) in [5.41, 5.74) is 1.79. The molecule has 0 saturated heterocycles. The van der Waals surface area contributed by atoms with E-state index in [0.29, 0.717) is 16.5 Å². The molecule has 1 N–H and O–H groups in total. The van der Waals surface area contributed by atoms with E-state index in [1.165, 1.54) is 0 Å². The van der Waals surface area contributed by atoms with Gasteiger partial charge in [0.2, 0.25) is 5.91 Å². The number of carbonyl (C=O) groups excluding carboxylic acids is 1. The molecule has 2 aromatic carbocycles. The highest BCUT2D eigenvalue weighted by Crippen LogP contribution is 2.31.